The molecule has 0 saturated heterocycles. The van der Waals surface area contributed by atoms with E-state index in [0.717, 1.165) is 0 Å². The van der Waals surface area contributed by atoms with Crippen LogP contribution in [0.3, 0.4) is 0 Å². The number of hydrogen-bond donors (Lipinski definition) is 0. The quantitative estimate of drug-likeness (QED) is 0.493. The molecule has 12 heteroatoms. The summed E-state index contributed by atoms with van der Waals surface area (Å²) < 4.78 is 143. The minimum absolute atomic E-state index is 1.19. The third-order valence-electron chi connectivity index (χ3n) is 1.91. The van der Waals surface area contributed by atoms with Crippen molar-refractivity contribution in [1.29, 1.82) is 0 Å². The van der Waals surface area contributed by atoms with Gasteiger partial charge in [-0.15, -0.1) is 0 Å². The molecular formula is C8H4F12. The third-order valence-corrected chi connectivity index (χ3v) is 1.91. The van der Waals surface area contributed by atoms with Crippen molar-refractivity contribution in [3.8, 4) is 0 Å². The summed E-state index contributed by atoms with van der Waals surface area (Å²) in [6.45, 7) is 0. The Labute approximate surface area is 103 Å². The van der Waals surface area contributed by atoms with Crippen LogP contribution >= 0.6 is 0 Å². The molecule has 20 heavy (non-hydrogen) atoms. The van der Waals surface area contributed by atoms with Crippen molar-refractivity contribution in [3.05, 3.63) is 12.2 Å². The van der Waals surface area contributed by atoms with E-state index in [1.807, 2.05) is 0 Å². The predicted octanol–water partition coefficient (Wildman–Crippen LogP) is 5.02. The first-order valence-electron chi connectivity index (χ1n) is 4.42. The van der Waals surface area contributed by atoms with Gasteiger partial charge < -0.3 is 0 Å². The smallest absolute Gasteiger partial charge is 0.170 e. The Morgan fingerprint density at radius 1 is 0.400 bits per heavy atom. The van der Waals surface area contributed by atoms with Crippen LogP contribution in [0.2, 0.25) is 0 Å². The number of hydrogen-bond acceptors (Lipinski definition) is 0. The first-order chi connectivity index (χ1) is 8.47. The molecule has 0 fully saturated rings. The van der Waals surface area contributed by atoms with Gasteiger partial charge in [0.25, 0.3) is 0 Å². The highest BCUT2D eigenvalue weighted by atomic mass is 19.4. The van der Waals surface area contributed by atoms with Crippen molar-refractivity contribution in [2.45, 2.75) is 24.7 Å². The molecule has 0 nitrogen and oxygen atoms in total. The van der Waals surface area contributed by atoms with E-state index in [9.17, 15) is 52.7 Å². The van der Waals surface area contributed by atoms with E-state index in [2.05, 4.69) is 0 Å². The summed E-state index contributed by atoms with van der Waals surface area (Å²) >= 11 is 0. The summed E-state index contributed by atoms with van der Waals surface area (Å²) in [5, 5.41) is 0. The van der Waals surface area contributed by atoms with Crippen LogP contribution < -0.4 is 0 Å². The lowest BCUT2D eigenvalue weighted by atomic mass is 10.0. The normalized spacial score (nSPS) is 15.7. The second kappa shape index (κ2) is 5.35. The maximum Gasteiger partial charge on any atom is 0.403 e. The highest BCUT2D eigenvalue weighted by Gasteiger charge is 2.58. The Bertz CT molecular complexity index is 274. The van der Waals surface area contributed by atoms with Crippen molar-refractivity contribution in [2.24, 2.45) is 11.8 Å². The molecule has 0 amide bonds. The first-order valence-corrected chi connectivity index (χ1v) is 4.42. The molecule has 0 heterocycles. The van der Waals surface area contributed by atoms with E-state index in [1.54, 1.807) is 0 Å². The monoisotopic (exact) mass is 328 g/mol. The van der Waals surface area contributed by atoms with Crippen LogP contribution in [0.4, 0.5) is 52.7 Å². The van der Waals surface area contributed by atoms with Gasteiger partial charge in [-0.3, -0.25) is 0 Å². The molecule has 0 rings (SSSR count). The maximum absolute atomic E-state index is 11.9. The summed E-state index contributed by atoms with van der Waals surface area (Å²) in [4.78, 5) is 0. The largest absolute Gasteiger partial charge is 0.403 e. The summed E-state index contributed by atoms with van der Waals surface area (Å²) in [5.41, 5.74) is 0. The molecule has 0 aliphatic heterocycles. The minimum atomic E-state index is -6.06. The molecule has 0 spiro atoms. The molecule has 0 aliphatic rings. The Balaban J connectivity index is 5.50. The second-order valence-corrected chi connectivity index (χ2v) is 3.51. The number of allylic oxidation sites excluding steroid dienone is 2. The molecule has 0 radical (unpaired) electrons. The minimum Gasteiger partial charge on any atom is -0.170 e. The zero-order chi connectivity index (χ0) is 16.6. The maximum atomic E-state index is 11.9. The van der Waals surface area contributed by atoms with Gasteiger partial charge in [0.15, 0.2) is 11.8 Å². The molecular weight excluding hydrogens is 324 g/mol. The van der Waals surface area contributed by atoms with Crippen molar-refractivity contribution >= 4 is 0 Å². The lowest BCUT2D eigenvalue weighted by molar-refractivity contribution is -0.275. The van der Waals surface area contributed by atoms with Crippen LogP contribution in [0.5, 0.6) is 0 Å². The van der Waals surface area contributed by atoms with E-state index in [0.29, 0.717) is 0 Å². The summed E-state index contributed by atoms with van der Waals surface area (Å²) in [5.74, 6) is -8.83. The van der Waals surface area contributed by atoms with Crippen LogP contribution in [-0.2, 0) is 0 Å². The van der Waals surface area contributed by atoms with Gasteiger partial charge in [0, 0.05) is 0 Å². The third kappa shape index (κ3) is 5.49. The molecule has 0 saturated carbocycles. The van der Waals surface area contributed by atoms with Crippen LogP contribution in [0.1, 0.15) is 0 Å². The zero-order valence-electron chi connectivity index (χ0n) is 8.84. The number of halogens is 12. The zero-order valence-corrected chi connectivity index (χ0v) is 8.84. The van der Waals surface area contributed by atoms with Crippen LogP contribution in [0.25, 0.3) is 0 Å². The highest BCUT2D eigenvalue weighted by molar-refractivity contribution is 5.02. The molecule has 120 valence electrons. The Kier molecular flexibility index (Phi) is 5.06. The molecule has 0 unspecified atom stereocenters. The Morgan fingerprint density at radius 3 is 0.650 bits per heavy atom. The molecule has 0 aromatic rings. The molecule has 0 bridgehead atoms. The van der Waals surface area contributed by atoms with Gasteiger partial charge in [-0.2, -0.15) is 52.7 Å². The van der Waals surface area contributed by atoms with Crippen LogP contribution in [0.15, 0.2) is 12.2 Å². The summed E-state index contributed by atoms with van der Waals surface area (Å²) in [6, 6.07) is 0. The molecule has 0 aromatic heterocycles. The van der Waals surface area contributed by atoms with Crippen molar-refractivity contribution in [1.82, 2.24) is 0 Å². The summed E-state index contributed by atoms with van der Waals surface area (Å²) in [6.07, 6.45) is -26.6. The predicted molar refractivity (Wildman–Crippen MR) is 40.3 cm³/mol. The fourth-order valence-electron chi connectivity index (χ4n) is 1.03. The first kappa shape index (κ1) is 18.9. The lowest BCUT2D eigenvalue weighted by Gasteiger charge is -2.23. The van der Waals surface area contributed by atoms with Crippen molar-refractivity contribution in [3.63, 3.8) is 0 Å². The standard InChI is InChI=1S/C8H4F12/c9-5(10,11)3(6(12,13)14)1-2-4(7(15,16)17)8(18,19)20/h1-4H. The van der Waals surface area contributed by atoms with Gasteiger partial charge in [0.1, 0.15) is 0 Å². The van der Waals surface area contributed by atoms with Gasteiger partial charge >= 0.3 is 24.7 Å². The van der Waals surface area contributed by atoms with Crippen molar-refractivity contribution in [2.75, 3.05) is 0 Å². The van der Waals surface area contributed by atoms with Gasteiger partial charge in [0.05, 0.1) is 0 Å². The van der Waals surface area contributed by atoms with Gasteiger partial charge in [0.2, 0.25) is 0 Å². The van der Waals surface area contributed by atoms with E-state index in [-0.39, 0.29) is 0 Å². The fourth-order valence-corrected chi connectivity index (χ4v) is 1.03. The van der Waals surface area contributed by atoms with Gasteiger partial charge in [-0.1, -0.05) is 12.2 Å². The van der Waals surface area contributed by atoms with Gasteiger partial charge in [-0.25, -0.2) is 0 Å². The van der Waals surface area contributed by atoms with Crippen molar-refractivity contribution < 1.29 is 52.7 Å². The van der Waals surface area contributed by atoms with Gasteiger partial charge in [-0.05, 0) is 0 Å². The van der Waals surface area contributed by atoms with E-state index >= 15 is 0 Å². The second-order valence-electron chi connectivity index (χ2n) is 3.51. The lowest BCUT2D eigenvalue weighted by Crippen LogP contribution is -2.37. The molecule has 0 aromatic carbocycles. The Hall–Kier alpha value is -1.10. The summed E-state index contributed by atoms with van der Waals surface area (Å²) in [7, 11) is 0. The van der Waals surface area contributed by atoms with Crippen LogP contribution in [-0.4, -0.2) is 24.7 Å². The average molecular weight is 328 g/mol. The number of alkyl halides is 12. The fraction of sp³-hybridized carbons (Fsp3) is 0.750. The van der Waals surface area contributed by atoms with E-state index in [4.69, 9.17) is 0 Å². The molecule has 0 atom stereocenters. The SMILES string of the molecule is FC(F)(F)C(C=CC(C(F)(F)F)C(F)(F)F)C(F)(F)F. The van der Waals surface area contributed by atoms with E-state index in [1.165, 1.54) is 0 Å². The average Bonchev–Trinajstić information content (AvgIpc) is 2.02. The molecule has 0 N–H and O–H groups in total. The Morgan fingerprint density at radius 2 is 0.550 bits per heavy atom. The molecule has 0 aliphatic carbocycles. The highest BCUT2D eigenvalue weighted by Crippen LogP contribution is 2.43. The van der Waals surface area contributed by atoms with E-state index < -0.39 is 48.7 Å². The van der Waals surface area contributed by atoms with Crippen LogP contribution in [0, 0.1) is 11.8 Å². The topological polar surface area (TPSA) is 0 Å². The number of rotatable bonds is 2.